The quantitative estimate of drug-likeness (QED) is 0.557. The van der Waals surface area contributed by atoms with Crippen LogP contribution in [-0.2, 0) is 21.1 Å². The van der Waals surface area contributed by atoms with Crippen LogP contribution >= 0.6 is 0 Å². The van der Waals surface area contributed by atoms with Crippen LogP contribution in [0.25, 0.3) is 0 Å². The smallest absolute Gasteiger partial charge is 0.273 e. The molecule has 1 amide bonds. The number of rotatable bonds is 8. The van der Waals surface area contributed by atoms with Crippen molar-refractivity contribution in [3.63, 3.8) is 0 Å². The lowest BCUT2D eigenvalue weighted by atomic mass is 9.98. The summed E-state index contributed by atoms with van der Waals surface area (Å²) in [5.41, 5.74) is 3.77. The minimum atomic E-state index is -0.353. The van der Waals surface area contributed by atoms with E-state index in [0.29, 0.717) is 22.8 Å². The van der Waals surface area contributed by atoms with Crippen LogP contribution in [0.15, 0.2) is 46.7 Å². The zero-order chi connectivity index (χ0) is 20.5. The number of ether oxygens (including phenoxy) is 1. The maximum absolute atomic E-state index is 12.2. The van der Waals surface area contributed by atoms with E-state index >= 15 is 0 Å². The first kappa shape index (κ1) is 20.9. The summed E-state index contributed by atoms with van der Waals surface area (Å²) in [6.07, 6.45) is 0. The number of aromatic nitrogens is 1. The average molecular weight is 384 g/mol. The topological polar surface area (TPSA) is 94.4 Å². The number of methoxy groups -OCH3 is 1. The van der Waals surface area contributed by atoms with Gasteiger partial charge >= 0.3 is 0 Å². The summed E-state index contributed by atoms with van der Waals surface area (Å²) in [5.74, 6) is 0.146. The molecule has 1 heterocycles. The second-order valence-corrected chi connectivity index (χ2v) is 5.82. The first-order valence-electron chi connectivity index (χ1n) is 8.61. The Morgan fingerprint density at radius 1 is 1.14 bits per heavy atom. The highest BCUT2D eigenvalue weighted by atomic mass is 16.6. The third-order valence-electron chi connectivity index (χ3n) is 4.00. The number of carbonyl (C=O) groups excluding carboxylic acids is 1. The summed E-state index contributed by atoms with van der Waals surface area (Å²) < 4.78 is 5.12. The van der Waals surface area contributed by atoms with Crippen LogP contribution in [0.1, 0.15) is 29.3 Å². The number of nitrogens with zero attached hydrogens (tertiary/aromatic N) is 3. The highest BCUT2D eigenvalue weighted by Crippen LogP contribution is 2.18. The molecule has 0 fully saturated rings. The zero-order valence-corrected chi connectivity index (χ0v) is 16.6. The summed E-state index contributed by atoms with van der Waals surface area (Å²) in [6.45, 7) is 3.88. The second kappa shape index (κ2) is 10.1. The van der Waals surface area contributed by atoms with Crippen LogP contribution in [0.4, 0.5) is 0 Å². The maximum atomic E-state index is 12.2. The van der Waals surface area contributed by atoms with Crippen molar-refractivity contribution >= 4 is 17.3 Å². The van der Waals surface area contributed by atoms with Crippen molar-refractivity contribution in [2.24, 2.45) is 10.3 Å². The average Bonchev–Trinajstić information content (AvgIpc) is 2.72. The van der Waals surface area contributed by atoms with Crippen LogP contribution in [0.5, 0.6) is 5.88 Å². The van der Waals surface area contributed by atoms with Crippen molar-refractivity contribution in [2.75, 3.05) is 21.3 Å². The Kier molecular flexibility index (Phi) is 7.50. The Bertz CT molecular complexity index is 894. The molecule has 1 N–H and O–H groups in total. The van der Waals surface area contributed by atoms with E-state index in [1.54, 1.807) is 26.2 Å². The molecule has 148 valence electrons. The van der Waals surface area contributed by atoms with Gasteiger partial charge in [0.25, 0.3) is 5.91 Å². The van der Waals surface area contributed by atoms with Crippen LogP contribution in [0.3, 0.4) is 0 Å². The van der Waals surface area contributed by atoms with Gasteiger partial charge in [-0.2, -0.15) is 0 Å². The number of aryl methyl sites for hydroxylation is 1. The molecule has 0 spiro atoms. The number of likely N-dealkylation sites (N-methyl/N-ethyl adjacent to an activating group) is 1. The fraction of sp³-hybridized carbons (Fsp3) is 0.300. The molecule has 0 radical (unpaired) electrons. The molecule has 0 saturated carbocycles. The number of carbonyl (C=O) groups is 1. The van der Waals surface area contributed by atoms with Crippen molar-refractivity contribution in [2.45, 2.75) is 20.5 Å². The van der Waals surface area contributed by atoms with Gasteiger partial charge in [0.15, 0.2) is 5.71 Å². The molecule has 0 unspecified atom stereocenters. The predicted molar refractivity (Wildman–Crippen MR) is 107 cm³/mol. The van der Waals surface area contributed by atoms with Gasteiger partial charge in [-0.05, 0) is 25.5 Å². The summed E-state index contributed by atoms with van der Waals surface area (Å²) in [6, 6.07) is 11.0. The third kappa shape index (κ3) is 5.06. The number of pyridine rings is 1. The zero-order valence-electron chi connectivity index (χ0n) is 16.6. The Morgan fingerprint density at radius 3 is 2.57 bits per heavy atom. The number of benzene rings is 1. The van der Waals surface area contributed by atoms with Gasteiger partial charge in [-0.1, -0.05) is 34.6 Å². The molecule has 0 atom stereocenters. The first-order valence-corrected chi connectivity index (χ1v) is 8.61. The maximum Gasteiger partial charge on any atom is 0.273 e. The fourth-order valence-electron chi connectivity index (χ4n) is 2.51. The van der Waals surface area contributed by atoms with Crippen molar-refractivity contribution in [3.8, 4) is 5.88 Å². The molecule has 1 aromatic heterocycles. The summed E-state index contributed by atoms with van der Waals surface area (Å²) >= 11 is 0. The van der Waals surface area contributed by atoms with Crippen molar-refractivity contribution in [3.05, 3.63) is 58.8 Å². The molecule has 8 heteroatoms. The third-order valence-corrected chi connectivity index (χ3v) is 4.00. The SMILES string of the molecule is CNC(=O)/C(=N/OC)c1cccc(C)c1CO/N=C(\C)c1cccc(OC)n1. The minimum Gasteiger partial charge on any atom is -0.481 e. The normalized spacial score (nSPS) is 11.8. The highest BCUT2D eigenvalue weighted by molar-refractivity contribution is 6.45. The van der Waals surface area contributed by atoms with Crippen molar-refractivity contribution < 1.29 is 19.2 Å². The number of hydrogen-bond acceptors (Lipinski definition) is 7. The van der Waals surface area contributed by atoms with E-state index in [1.807, 2.05) is 31.2 Å². The Labute approximate surface area is 164 Å². The molecule has 0 aliphatic rings. The van der Waals surface area contributed by atoms with E-state index in [4.69, 9.17) is 14.4 Å². The van der Waals surface area contributed by atoms with Crippen LogP contribution in [-0.4, -0.2) is 43.6 Å². The van der Waals surface area contributed by atoms with Crippen LogP contribution in [0, 0.1) is 6.92 Å². The number of nitrogens with one attached hydrogen (secondary N) is 1. The molecule has 28 heavy (non-hydrogen) atoms. The van der Waals surface area contributed by atoms with Gasteiger partial charge < -0.3 is 19.7 Å². The molecule has 2 aromatic rings. The predicted octanol–water partition coefficient (Wildman–Crippen LogP) is 2.44. The molecule has 0 bridgehead atoms. The number of hydrogen-bond donors (Lipinski definition) is 1. The van der Waals surface area contributed by atoms with E-state index < -0.39 is 0 Å². The molecule has 2 rings (SSSR count). The van der Waals surface area contributed by atoms with Crippen molar-refractivity contribution in [1.29, 1.82) is 0 Å². The summed E-state index contributed by atoms with van der Waals surface area (Å²) in [7, 11) is 4.48. The standard InChI is InChI=1S/C20H24N4O4/c1-13-8-6-9-15(19(24-27-5)20(25)21-3)16(13)12-28-23-14(2)17-10-7-11-18(22-17)26-4/h6-11H,12H2,1-5H3,(H,21,25)/b23-14+,24-19+. The van der Waals surface area contributed by atoms with Crippen molar-refractivity contribution in [1.82, 2.24) is 10.3 Å². The van der Waals surface area contributed by atoms with E-state index in [1.165, 1.54) is 14.2 Å². The van der Waals surface area contributed by atoms with Gasteiger partial charge in [0, 0.05) is 24.2 Å². The molecule has 0 aliphatic heterocycles. The Balaban J connectivity index is 2.26. The molecular formula is C20H24N4O4. The first-order chi connectivity index (χ1) is 13.5. The Morgan fingerprint density at radius 2 is 1.89 bits per heavy atom. The van der Waals surface area contributed by atoms with Gasteiger partial charge in [0.2, 0.25) is 5.88 Å². The van der Waals surface area contributed by atoms with Gasteiger partial charge in [-0.3, -0.25) is 4.79 Å². The van der Waals surface area contributed by atoms with Gasteiger partial charge in [0.05, 0.1) is 12.8 Å². The van der Waals surface area contributed by atoms with E-state index in [0.717, 1.165) is 11.1 Å². The fourth-order valence-corrected chi connectivity index (χ4v) is 2.51. The summed E-state index contributed by atoms with van der Waals surface area (Å²) in [4.78, 5) is 26.9. The summed E-state index contributed by atoms with van der Waals surface area (Å²) in [5, 5.41) is 10.6. The molecular weight excluding hydrogens is 360 g/mol. The van der Waals surface area contributed by atoms with Crippen LogP contribution in [0.2, 0.25) is 0 Å². The largest absolute Gasteiger partial charge is 0.481 e. The molecule has 8 nitrogen and oxygen atoms in total. The molecule has 0 saturated heterocycles. The lowest BCUT2D eigenvalue weighted by Crippen LogP contribution is -2.29. The Hall–Kier alpha value is -3.42. The molecule has 1 aromatic carbocycles. The van der Waals surface area contributed by atoms with Gasteiger partial charge in [-0.15, -0.1) is 0 Å². The highest BCUT2D eigenvalue weighted by Gasteiger charge is 2.19. The minimum absolute atomic E-state index is 0.156. The van der Waals surface area contributed by atoms with E-state index in [-0.39, 0.29) is 18.2 Å². The second-order valence-electron chi connectivity index (χ2n) is 5.82. The lowest BCUT2D eigenvalue weighted by molar-refractivity contribution is -0.114. The van der Waals surface area contributed by atoms with E-state index in [2.05, 4.69) is 20.6 Å². The van der Waals surface area contributed by atoms with Gasteiger partial charge in [-0.25, -0.2) is 4.98 Å². The van der Waals surface area contributed by atoms with Crippen LogP contribution < -0.4 is 10.1 Å². The molecule has 0 aliphatic carbocycles. The number of oxime groups is 2. The monoisotopic (exact) mass is 384 g/mol. The van der Waals surface area contributed by atoms with E-state index in [9.17, 15) is 4.79 Å². The number of amides is 1. The van der Waals surface area contributed by atoms with Gasteiger partial charge in [0.1, 0.15) is 19.4 Å². The lowest BCUT2D eigenvalue weighted by Gasteiger charge is -2.13.